The average molecular weight is 312 g/mol. The molecule has 0 aliphatic carbocycles. The summed E-state index contributed by atoms with van der Waals surface area (Å²) in [6.45, 7) is 3.78. The van der Waals surface area contributed by atoms with Gasteiger partial charge in [0, 0.05) is 15.6 Å². The maximum absolute atomic E-state index is 14.3. The molecular weight excluding hydrogens is 296 g/mol. The third kappa shape index (κ3) is 3.14. The molecule has 4 heteroatoms. The van der Waals surface area contributed by atoms with Gasteiger partial charge >= 0.3 is 0 Å². The van der Waals surface area contributed by atoms with E-state index in [4.69, 9.17) is 23.2 Å². The van der Waals surface area contributed by atoms with Gasteiger partial charge in [0.1, 0.15) is 5.82 Å². The second kappa shape index (κ2) is 6.13. The summed E-state index contributed by atoms with van der Waals surface area (Å²) in [6.07, 6.45) is 0. The van der Waals surface area contributed by atoms with Crippen molar-refractivity contribution >= 4 is 23.2 Å². The third-order valence-electron chi connectivity index (χ3n) is 3.28. The Morgan fingerprint density at radius 1 is 1.00 bits per heavy atom. The van der Waals surface area contributed by atoms with Crippen molar-refractivity contribution in [2.45, 2.75) is 19.9 Å². The van der Waals surface area contributed by atoms with Crippen molar-refractivity contribution in [2.24, 2.45) is 0 Å². The Balaban J connectivity index is 2.58. The Morgan fingerprint density at radius 3 is 2.10 bits per heavy atom. The molecule has 0 aliphatic heterocycles. The number of hydrogen-bond acceptors (Lipinski definition) is 1. The summed E-state index contributed by atoms with van der Waals surface area (Å²) in [5, 5.41) is 4.21. The molecule has 0 fully saturated rings. The van der Waals surface area contributed by atoms with Crippen molar-refractivity contribution in [3.8, 4) is 0 Å². The van der Waals surface area contributed by atoms with Crippen LogP contribution in [0.3, 0.4) is 0 Å². The van der Waals surface area contributed by atoms with Crippen LogP contribution < -0.4 is 5.32 Å². The molecule has 106 valence electrons. The van der Waals surface area contributed by atoms with Crippen molar-refractivity contribution in [3.05, 3.63) is 68.4 Å². The minimum absolute atomic E-state index is 0.224. The Kier molecular flexibility index (Phi) is 4.69. The Labute approximate surface area is 128 Å². The lowest BCUT2D eigenvalue weighted by molar-refractivity contribution is 0.572. The highest BCUT2D eigenvalue weighted by atomic mass is 35.5. The maximum atomic E-state index is 14.3. The summed E-state index contributed by atoms with van der Waals surface area (Å²) in [5.41, 5.74) is 3.27. The summed E-state index contributed by atoms with van der Waals surface area (Å²) in [6, 6.07) is 8.48. The zero-order valence-corrected chi connectivity index (χ0v) is 13.1. The van der Waals surface area contributed by atoms with E-state index in [1.165, 1.54) is 0 Å². The van der Waals surface area contributed by atoms with E-state index in [2.05, 4.69) is 5.32 Å². The van der Waals surface area contributed by atoms with E-state index in [0.717, 1.165) is 16.7 Å². The first kappa shape index (κ1) is 15.3. The molecule has 2 aromatic carbocycles. The predicted molar refractivity (Wildman–Crippen MR) is 83.2 cm³/mol. The molecule has 0 saturated carbocycles. The van der Waals surface area contributed by atoms with Crippen LogP contribution in [-0.2, 0) is 0 Å². The molecule has 2 aromatic rings. The second-order valence-corrected chi connectivity index (χ2v) is 5.77. The van der Waals surface area contributed by atoms with Gasteiger partial charge in [-0.05, 0) is 61.9 Å². The first-order valence-corrected chi connectivity index (χ1v) is 7.08. The van der Waals surface area contributed by atoms with Crippen molar-refractivity contribution in [3.63, 3.8) is 0 Å². The zero-order chi connectivity index (χ0) is 14.9. The molecule has 0 radical (unpaired) electrons. The van der Waals surface area contributed by atoms with Crippen molar-refractivity contribution < 1.29 is 4.39 Å². The van der Waals surface area contributed by atoms with Gasteiger partial charge in [-0.1, -0.05) is 29.3 Å². The Hall–Kier alpha value is -1.09. The quantitative estimate of drug-likeness (QED) is 0.835. The van der Waals surface area contributed by atoms with Gasteiger partial charge in [0.05, 0.1) is 6.04 Å². The fraction of sp³-hybridized carbons (Fsp3) is 0.250. The van der Waals surface area contributed by atoms with E-state index in [0.29, 0.717) is 15.6 Å². The molecular formula is C16H16Cl2FN. The third-order valence-corrected chi connectivity index (χ3v) is 3.71. The van der Waals surface area contributed by atoms with Gasteiger partial charge in [-0.25, -0.2) is 4.39 Å². The minimum Gasteiger partial charge on any atom is -0.309 e. The van der Waals surface area contributed by atoms with Crippen LogP contribution in [0.5, 0.6) is 0 Å². The van der Waals surface area contributed by atoms with Gasteiger partial charge in [-0.15, -0.1) is 0 Å². The number of halogens is 3. The summed E-state index contributed by atoms with van der Waals surface area (Å²) in [7, 11) is 1.79. The molecule has 0 saturated heterocycles. The number of aryl methyl sites for hydroxylation is 2. The minimum atomic E-state index is -0.285. The molecule has 0 spiro atoms. The van der Waals surface area contributed by atoms with Gasteiger partial charge < -0.3 is 5.32 Å². The Bertz CT molecular complexity index is 597. The van der Waals surface area contributed by atoms with Crippen LogP contribution in [0.4, 0.5) is 4.39 Å². The van der Waals surface area contributed by atoms with Gasteiger partial charge in [-0.2, -0.15) is 0 Å². The smallest absolute Gasteiger partial charge is 0.128 e. The van der Waals surface area contributed by atoms with Crippen LogP contribution in [0.2, 0.25) is 10.0 Å². The number of hydrogen-bond donors (Lipinski definition) is 1. The lowest BCUT2D eigenvalue weighted by atomic mass is 9.93. The SMILES string of the molecule is CNC(c1cc(Cl)cc(Cl)c1)c1c(C)cc(C)cc1F. The summed E-state index contributed by atoms with van der Waals surface area (Å²) in [4.78, 5) is 0. The Morgan fingerprint density at radius 2 is 1.60 bits per heavy atom. The van der Waals surface area contributed by atoms with Gasteiger partial charge in [-0.3, -0.25) is 0 Å². The molecule has 20 heavy (non-hydrogen) atoms. The monoisotopic (exact) mass is 311 g/mol. The van der Waals surface area contributed by atoms with Crippen LogP contribution in [0, 0.1) is 19.7 Å². The lowest BCUT2D eigenvalue weighted by Gasteiger charge is -2.21. The summed E-state index contributed by atoms with van der Waals surface area (Å²) in [5.74, 6) is -0.224. The fourth-order valence-electron chi connectivity index (χ4n) is 2.51. The standard InChI is InChI=1S/C16H16Cl2FN/c1-9-4-10(2)15(14(19)5-9)16(20-3)11-6-12(17)8-13(18)7-11/h4-8,16,20H,1-3H3. The summed E-state index contributed by atoms with van der Waals surface area (Å²) >= 11 is 12.1. The molecule has 2 rings (SSSR count). The largest absolute Gasteiger partial charge is 0.309 e. The molecule has 0 heterocycles. The first-order valence-electron chi connectivity index (χ1n) is 6.32. The van der Waals surface area contributed by atoms with Crippen molar-refractivity contribution in [1.29, 1.82) is 0 Å². The van der Waals surface area contributed by atoms with E-state index in [1.54, 1.807) is 31.3 Å². The van der Waals surface area contributed by atoms with Crippen LogP contribution in [-0.4, -0.2) is 7.05 Å². The topological polar surface area (TPSA) is 12.0 Å². The second-order valence-electron chi connectivity index (χ2n) is 4.90. The van der Waals surface area contributed by atoms with Gasteiger partial charge in [0.15, 0.2) is 0 Å². The predicted octanol–water partition coefficient (Wildman–Crippen LogP) is 5.06. The highest BCUT2D eigenvalue weighted by Gasteiger charge is 2.19. The van der Waals surface area contributed by atoms with Gasteiger partial charge in [0.2, 0.25) is 0 Å². The van der Waals surface area contributed by atoms with Crippen LogP contribution >= 0.6 is 23.2 Å². The number of benzene rings is 2. The van der Waals surface area contributed by atoms with E-state index < -0.39 is 0 Å². The van der Waals surface area contributed by atoms with Gasteiger partial charge in [0.25, 0.3) is 0 Å². The van der Waals surface area contributed by atoms with E-state index in [9.17, 15) is 4.39 Å². The average Bonchev–Trinajstić information content (AvgIpc) is 2.32. The molecule has 0 amide bonds. The fourth-order valence-corrected chi connectivity index (χ4v) is 3.05. The molecule has 1 atom stereocenters. The lowest BCUT2D eigenvalue weighted by Crippen LogP contribution is -2.20. The highest BCUT2D eigenvalue weighted by Crippen LogP contribution is 2.31. The van der Waals surface area contributed by atoms with Crippen LogP contribution in [0.1, 0.15) is 28.3 Å². The van der Waals surface area contributed by atoms with E-state index in [-0.39, 0.29) is 11.9 Å². The molecule has 1 N–H and O–H groups in total. The van der Waals surface area contributed by atoms with Crippen molar-refractivity contribution in [2.75, 3.05) is 7.05 Å². The first-order chi connectivity index (χ1) is 9.42. The number of nitrogens with one attached hydrogen (secondary N) is 1. The zero-order valence-electron chi connectivity index (χ0n) is 11.6. The van der Waals surface area contributed by atoms with Crippen molar-refractivity contribution in [1.82, 2.24) is 5.32 Å². The maximum Gasteiger partial charge on any atom is 0.128 e. The molecule has 1 nitrogen and oxygen atoms in total. The normalized spacial score (nSPS) is 12.5. The van der Waals surface area contributed by atoms with Crippen LogP contribution in [0.15, 0.2) is 30.3 Å². The van der Waals surface area contributed by atoms with E-state index >= 15 is 0 Å². The number of rotatable bonds is 3. The molecule has 0 aromatic heterocycles. The molecule has 0 aliphatic rings. The molecule has 1 unspecified atom stereocenters. The summed E-state index contributed by atoms with van der Waals surface area (Å²) < 4.78 is 14.3. The highest BCUT2D eigenvalue weighted by molar-refractivity contribution is 6.34. The molecule has 0 bridgehead atoms. The van der Waals surface area contributed by atoms with E-state index in [1.807, 2.05) is 19.9 Å². The van der Waals surface area contributed by atoms with Crippen LogP contribution in [0.25, 0.3) is 0 Å².